The Morgan fingerprint density at radius 3 is 2.19 bits per heavy atom. The molecule has 4 heteroatoms. The lowest BCUT2D eigenvalue weighted by Crippen LogP contribution is -2.23. The van der Waals surface area contributed by atoms with E-state index in [1.807, 2.05) is 19.4 Å². The summed E-state index contributed by atoms with van der Waals surface area (Å²) in [7, 11) is 1.97. The van der Waals surface area contributed by atoms with Gasteiger partial charge in [0.05, 0.1) is 0 Å². The maximum atomic E-state index is 6.31. The third-order valence-corrected chi connectivity index (χ3v) is 5.32. The summed E-state index contributed by atoms with van der Waals surface area (Å²) in [6.45, 7) is 12.8. The van der Waals surface area contributed by atoms with E-state index >= 15 is 0 Å². The molecule has 1 unspecified atom stereocenters. The normalized spacial score (nSPS) is 14.7. The number of unbranched alkanes of at least 4 members (excludes halogenated alkanes) is 1. The molecule has 0 amide bonds. The number of pyridine rings is 1. The molecule has 1 atom stereocenters. The molecule has 0 spiro atoms. The van der Waals surface area contributed by atoms with Crippen molar-refractivity contribution >= 4 is 21.6 Å². The van der Waals surface area contributed by atoms with E-state index in [2.05, 4.69) is 67.8 Å². The smallest absolute Gasteiger partial charge is 0.114 e. The molecule has 0 radical (unpaired) electrons. The van der Waals surface area contributed by atoms with Crippen molar-refractivity contribution in [1.82, 2.24) is 4.98 Å². The molecule has 1 aromatic heterocycles. The van der Waals surface area contributed by atoms with Crippen LogP contribution in [0.4, 0.5) is 5.69 Å². The molecule has 0 bridgehead atoms. The van der Waals surface area contributed by atoms with Gasteiger partial charge in [0.2, 0.25) is 0 Å². The van der Waals surface area contributed by atoms with Gasteiger partial charge in [0.15, 0.2) is 0 Å². The van der Waals surface area contributed by atoms with Gasteiger partial charge in [0.1, 0.15) is 16.2 Å². The van der Waals surface area contributed by atoms with Crippen LogP contribution in [0.15, 0.2) is 23.7 Å². The number of nitrogens with zero attached hydrogens (tertiary/aromatic N) is 1. The van der Waals surface area contributed by atoms with E-state index in [-0.39, 0.29) is 10.4 Å². The third-order valence-electron chi connectivity index (χ3n) is 4.41. The Kier molecular flexibility index (Phi) is 9.70. The zero-order valence-electron chi connectivity index (χ0n) is 17.7. The highest BCUT2D eigenvalue weighted by molar-refractivity contribution is 9.09. The highest BCUT2D eigenvalue weighted by Crippen LogP contribution is 2.44. The Morgan fingerprint density at radius 2 is 1.81 bits per heavy atom. The lowest BCUT2D eigenvalue weighted by Gasteiger charge is -2.32. The summed E-state index contributed by atoms with van der Waals surface area (Å²) in [6.07, 6.45) is 11.0. The van der Waals surface area contributed by atoms with E-state index in [1.165, 1.54) is 30.4 Å². The molecule has 1 saturated carbocycles. The predicted molar refractivity (Wildman–Crippen MR) is 117 cm³/mol. The second-order valence-electron chi connectivity index (χ2n) is 7.76. The molecule has 1 fully saturated rings. The molecule has 148 valence electrons. The number of ether oxygens (including phenoxy) is 1. The first-order valence-electron chi connectivity index (χ1n) is 9.98. The number of aromatic nitrogens is 1. The molecule has 1 heterocycles. The zero-order valence-corrected chi connectivity index (χ0v) is 19.3. The number of allylic oxidation sites excluding steroid dienone is 2. The topological polar surface area (TPSA) is 34.1 Å². The van der Waals surface area contributed by atoms with Crippen LogP contribution in [-0.2, 0) is 11.2 Å². The second kappa shape index (κ2) is 11.0. The van der Waals surface area contributed by atoms with Gasteiger partial charge in [-0.25, -0.2) is 0 Å². The average molecular weight is 425 g/mol. The number of alkyl halides is 1. The summed E-state index contributed by atoms with van der Waals surface area (Å²) < 4.78 is 6.31. The van der Waals surface area contributed by atoms with E-state index in [0.717, 1.165) is 36.3 Å². The van der Waals surface area contributed by atoms with Crippen molar-refractivity contribution in [1.29, 1.82) is 0 Å². The Bertz CT molecular complexity index is 582. The largest absolute Gasteiger partial charge is 0.491 e. The van der Waals surface area contributed by atoms with Gasteiger partial charge in [-0.3, -0.25) is 4.98 Å². The number of aryl methyl sites for hydroxylation is 1. The average Bonchev–Trinajstić information content (AvgIpc) is 2.57. The van der Waals surface area contributed by atoms with Gasteiger partial charge in [-0.2, -0.15) is 0 Å². The van der Waals surface area contributed by atoms with E-state index < -0.39 is 0 Å². The maximum absolute atomic E-state index is 6.31. The van der Waals surface area contributed by atoms with Crippen LogP contribution in [0.3, 0.4) is 0 Å². The first-order chi connectivity index (χ1) is 12.3. The predicted octanol–water partition coefficient (Wildman–Crippen LogP) is 7.18. The summed E-state index contributed by atoms with van der Waals surface area (Å²) >= 11 is 3.87. The van der Waals surface area contributed by atoms with Gasteiger partial charge in [-0.15, -0.1) is 0 Å². The summed E-state index contributed by atoms with van der Waals surface area (Å²) in [5, 5.41) is 3.34. The number of rotatable bonds is 6. The monoisotopic (exact) mass is 424 g/mol. The van der Waals surface area contributed by atoms with Crippen LogP contribution < -0.4 is 5.32 Å². The molecule has 3 nitrogen and oxygen atoms in total. The summed E-state index contributed by atoms with van der Waals surface area (Å²) in [4.78, 5) is 4.46. The van der Waals surface area contributed by atoms with Crippen molar-refractivity contribution < 1.29 is 4.74 Å². The number of nitrogens with one attached hydrogen (secondary N) is 1. The molecular weight excluding hydrogens is 388 g/mol. The van der Waals surface area contributed by atoms with Gasteiger partial charge >= 0.3 is 0 Å². The maximum Gasteiger partial charge on any atom is 0.114 e. The quantitative estimate of drug-likeness (QED) is 0.387. The second-order valence-corrected chi connectivity index (χ2v) is 8.68. The van der Waals surface area contributed by atoms with Crippen molar-refractivity contribution in [2.45, 2.75) is 90.5 Å². The van der Waals surface area contributed by atoms with Crippen LogP contribution >= 0.6 is 15.9 Å². The highest BCUT2D eigenvalue weighted by atomic mass is 79.9. The van der Waals surface area contributed by atoms with Crippen LogP contribution in [0.2, 0.25) is 0 Å². The summed E-state index contributed by atoms with van der Waals surface area (Å²) in [6, 6.07) is 0. The van der Waals surface area contributed by atoms with Gasteiger partial charge in [-0.1, -0.05) is 49.5 Å². The van der Waals surface area contributed by atoms with Crippen molar-refractivity contribution in [3.8, 4) is 0 Å². The highest BCUT2D eigenvalue weighted by Gasteiger charge is 2.28. The Morgan fingerprint density at radius 1 is 1.19 bits per heavy atom. The Balaban J connectivity index is 0.000000765. The van der Waals surface area contributed by atoms with Crippen LogP contribution in [0.1, 0.15) is 89.6 Å². The SMILES string of the molecule is CCCC.CCc1cncc(C(Br)C(OC(C)(C)C)=C2CCC2)c1NC. The van der Waals surface area contributed by atoms with Gasteiger partial charge < -0.3 is 10.1 Å². The first-order valence-corrected chi connectivity index (χ1v) is 10.9. The Labute approximate surface area is 169 Å². The van der Waals surface area contributed by atoms with Crippen LogP contribution in [0.25, 0.3) is 0 Å². The summed E-state index contributed by atoms with van der Waals surface area (Å²) in [5.41, 5.74) is 4.79. The third kappa shape index (κ3) is 6.61. The molecule has 0 saturated heterocycles. The van der Waals surface area contributed by atoms with Crippen molar-refractivity contribution in [3.63, 3.8) is 0 Å². The number of halogens is 1. The van der Waals surface area contributed by atoms with Crippen molar-refractivity contribution in [3.05, 3.63) is 34.9 Å². The zero-order chi connectivity index (χ0) is 19.7. The summed E-state index contributed by atoms with van der Waals surface area (Å²) in [5.74, 6) is 1.07. The standard InChI is InChI=1S/C18H27BrN2O.C4H10/c1-6-12-10-21-11-14(16(12)20-5)15(19)17(13-8-7-9-13)22-18(2,3)4;1-3-4-2/h10-11,15H,6-9H2,1-5H3,(H,20,21);3-4H2,1-2H3. The molecule has 1 aromatic rings. The van der Waals surface area contributed by atoms with Gasteiger partial charge in [0.25, 0.3) is 0 Å². The van der Waals surface area contributed by atoms with E-state index in [0.29, 0.717) is 0 Å². The Hall–Kier alpha value is -1.03. The van der Waals surface area contributed by atoms with Gasteiger partial charge in [-0.05, 0) is 57.6 Å². The van der Waals surface area contributed by atoms with Crippen LogP contribution in [0.5, 0.6) is 0 Å². The molecule has 0 aliphatic heterocycles. The number of hydrogen-bond acceptors (Lipinski definition) is 3. The van der Waals surface area contributed by atoms with E-state index in [9.17, 15) is 0 Å². The molecular formula is C22H37BrN2O. The fraction of sp³-hybridized carbons (Fsp3) is 0.682. The minimum absolute atomic E-state index is 0.0449. The van der Waals surface area contributed by atoms with Crippen LogP contribution in [0, 0.1) is 0 Å². The molecule has 0 aromatic carbocycles. The molecule has 26 heavy (non-hydrogen) atoms. The molecule has 2 rings (SSSR count). The molecule has 1 N–H and O–H groups in total. The minimum atomic E-state index is -0.195. The van der Waals surface area contributed by atoms with E-state index in [1.54, 1.807) is 0 Å². The first kappa shape index (κ1) is 23.0. The van der Waals surface area contributed by atoms with Gasteiger partial charge in [0, 0.05) is 30.7 Å². The van der Waals surface area contributed by atoms with E-state index in [4.69, 9.17) is 4.74 Å². The lowest BCUT2D eigenvalue weighted by molar-refractivity contribution is 0.0444. The molecule has 1 aliphatic rings. The van der Waals surface area contributed by atoms with Crippen molar-refractivity contribution in [2.75, 3.05) is 12.4 Å². The molecule has 1 aliphatic carbocycles. The number of anilines is 1. The minimum Gasteiger partial charge on any atom is -0.491 e. The van der Waals surface area contributed by atoms with Crippen molar-refractivity contribution in [2.24, 2.45) is 0 Å². The fourth-order valence-corrected chi connectivity index (χ4v) is 3.43. The number of hydrogen-bond donors (Lipinski definition) is 1. The lowest BCUT2D eigenvalue weighted by atomic mass is 9.89. The van der Waals surface area contributed by atoms with Crippen LogP contribution in [-0.4, -0.2) is 17.6 Å². The fourth-order valence-electron chi connectivity index (χ4n) is 2.66.